The number of morpholine rings is 1. The maximum atomic E-state index is 12.1. The molecule has 1 aliphatic heterocycles. The van der Waals surface area contributed by atoms with E-state index in [0.717, 1.165) is 50.4 Å². The molecule has 0 aliphatic carbocycles. The van der Waals surface area contributed by atoms with Gasteiger partial charge in [-0.25, -0.2) is 13.1 Å². The number of thiophene rings is 1. The smallest absolute Gasteiger partial charge is 0.250 e. The number of benzene rings is 1. The fraction of sp³-hybridized carbons (Fsp3) is 0.444. The first-order valence-electron chi connectivity index (χ1n) is 8.68. The quantitative estimate of drug-likeness (QED) is 0.671. The molecule has 1 aromatic heterocycles. The average molecular weight is 415 g/mol. The van der Waals surface area contributed by atoms with E-state index in [-0.39, 0.29) is 10.3 Å². The number of rotatable bonds is 8. The van der Waals surface area contributed by atoms with Gasteiger partial charge in [-0.15, -0.1) is 11.3 Å². The molecule has 1 aromatic carbocycles. The van der Waals surface area contributed by atoms with Gasteiger partial charge in [0.15, 0.2) is 0 Å². The fourth-order valence-electron chi connectivity index (χ4n) is 2.96. The maximum Gasteiger partial charge on any atom is 0.250 e. The molecule has 1 N–H and O–H groups in total. The van der Waals surface area contributed by atoms with Crippen LogP contribution in [0.4, 0.5) is 0 Å². The Bertz CT molecular complexity index is 796. The standard InChI is InChI=1S/C18H23ClN2O3S2/c19-17-8-9-18(25-17)26(22,23)20-10-4-5-11-21-12-13-24-16(14-21)15-6-2-1-3-7-15/h1-3,6-9,16,20H,4-5,10-14H2/t16-/m0/s1. The molecule has 8 heteroatoms. The SMILES string of the molecule is O=S(=O)(NCCCCN1CCO[C@H](c2ccccc2)C1)c1ccc(Cl)s1. The minimum atomic E-state index is -3.44. The molecule has 0 unspecified atom stereocenters. The predicted molar refractivity (Wildman–Crippen MR) is 105 cm³/mol. The number of sulfonamides is 1. The lowest BCUT2D eigenvalue weighted by atomic mass is 10.1. The molecule has 1 saturated heterocycles. The Balaban J connectivity index is 1.38. The molecule has 5 nitrogen and oxygen atoms in total. The second-order valence-electron chi connectivity index (χ2n) is 6.23. The van der Waals surface area contributed by atoms with E-state index in [2.05, 4.69) is 21.8 Å². The number of ether oxygens (including phenoxy) is 1. The van der Waals surface area contributed by atoms with Crippen molar-refractivity contribution in [2.45, 2.75) is 23.2 Å². The first kappa shape index (κ1) is 19.8. The minimum absolute atomic E-state index is 0.118. The van der Waals surface area contributed by atoms with Crippen LogP contribution in [0.3, 0.4) is 0 Å². The van der Waals surface area contributed by atoms with E-state index in [4.69, 9.17) is 16.3 Å². The lowest BCUT2D eigenvalue weighted by molar-refractivity contribution is -0.0303. The molecular formula is C18H23ClN2O3S2. The first-order chi connectivity index (χ1) is 12.5. The first-order valence-corrected chi connectivity index (χ1v) is 11.4. The molecule has 1 fully saturated rings. The highest BCUT2D eigenvalue weighted by atomic mass is 35.5. The number of nitrogens with one attached hydrogen (secondary N) is 1. The van der Waals surface area contributed by atoms with Crippen LogP contribution >= 0.6 is 22.9 Å². The van der Waals surface area contributed by atoms with E-state index in [9.17, 15) is 8.42 Å². The molecular weight excluding hydrogens is 392 g/mol. The number of nitrogens with zero attached hydrogens (tertiary/aromatic N) is 1. The molecule has 2 aromatic rings. The summed E-state index contributed by atoms with van der Waals surface area (Å²) in [6, 6.07) is 13.4. The van der Waals surface area contributed by atoms with Crippen molar-refractivity contribution in [2.75, 3.05) is 32.8 Å². The van der Waals surface area contributed by atoms with E-state index in [1.54, 1.807) is 6.07 Å². The third kappa shape index (κ3) is 5.52. The van der Waals surface area contributed by atoms with Crippen LogP contribution in [-0.4, -0.2) is 46.1 Å². The van der Waals surface area contributed by atoms with Gasteiger partial charge in [-0.2, -0.15) is 0 Å². The van der Waals surface area contributed by atoms with E-state index >= 15 is 0 Å². The van der Waals surface area contributed by atoms with Gasteiger partial charge in [-0.05, 0) is 37.1 Å². The molecule has 1 atom stereocenters. The average Bonchev–Trinajstić information content (AvgIpc) is 3.10. The summed E-state index contributed by atoms with van der Waals surface area (Å²) in [5.74, 6) is 0. The Morgan fingerprint density at radius 1 is 1.19 bits per heavy atom. The van der Waals surface area contributed by atoms with Crippen molar-refractivity contribution in [1.82, 2.24) is 9.62 Å². The van der Waals surface area contributed by atoms with Crippen molar-refractivity contribution in [3.05, 3.63) is 52.4 Å². The van der Waals surface area contributed by atoms with Gasteiger partial charge in [0, 0.05) is 19.6 Å². The van der Waals surface area contributed by atoms with E-state index in [1.807, 2.05) is 18.2 Å². The van der Waals surface area contributed by atoms with Crippen LogP contribution in [0.2, 0.25) is 4.34 Å². The van der Waals surface area contributed by atoms with Crippen molar-refractivity contribution >= 4 is 33.0 Å². The highest BCUT2D eigenvalue weighted by Gasteiger charge is 2.21. The van der Waals surface area contributed by atoms with E-state index in [0.29, 0.717) is 10.9 Å². The minimum Gasteiger partial charge on any atom is -0.371 e. The second-order valence-corrected chi connectivity index (χ2v) is 9.94. The highest BCUT2D eigenvalue weighted by molar-refractivity contribution is 7.91. The largest absolute Gasteiger partial charge is 0.371 e. The van der Waals surface area contributed by atoms with E-state index in [1.165, 1.54) is 11.6 Å². The van der Waals surface area contributed by atoms with Gasteiger partial charge in [0.1, 0.15) is 4.21 Å². The lowest BCUT2D eigenvalue weighted by Crippen LogP contribution is -2.39. The van der Waals surface area contributed by atoms with E-state index < -0.39 is 10.0 Å². The van der Waals surface area contributed by atoms with Gasteiger partial charge in [0.2, 0.25) is 10.0 Å². The van der Waals surface area contributed by atoms with Gasteiger partial charge >= 0.3 is 0 Å². The number of halogens is 1. The molecule has 3 rings (SSSR count). The molecule has 0 bridgehead atoms. The summed E-state index contributed by atoms with van der Waals surface area (Å²) in [6.45, 7) is 3.90. The number of hydrogen-bond acceptors (Lipinski definition) is 5. The lowest BCUT2D eigenvalue weighted by Gasteiger charge is -2.33. The Hall–Kier alpha value is -0.960. The van der Waals surface area contributed by atoms with Crippen LogP contribution in [0.1, 0.15) is 24.5 Å². The molecule has 26 heavy (non-hydrogen) atoms. The second kappa shape index (κ2) is 9.30. The van der Waals surface area contributed by atoms with Crippen molar-refractivity contribution in [3.8, 4) is 0 Å². The van der Waals surface area contributed by atoms with Crippen LogP contribution < -0.4 is 4.72 Å². The Labute approximate surface area is 164 Å². The molecule has 0 amide bonds. The highest BCUT2D eigenvalue weighted by Crippen LogP contribution is 2.25. The molecule has 2 heterocycles. The van der Waals surface area contributed by atoms with Crippen molar-refractivity contribution < 1.29 is 13.2 Å². The third-order valence-electron chi connectivity index (χ3n) is 4.33. The summed E-state index contributed by atoms with van der Waals surface area (Å²) in [5, 5.41) is 0. The van der Waals surface area contributed by atoms with Gasteiger partial charge in [0.05, 0.1) is 17.0 Å². The summed E-state index contributed by atoms with van der Waals surface area (Å²) in [6.07, 6.45) is 1.85. The summed E-state index contributed by atoms with van der Waals surface area (Å²) in [5.41, 5.74) is 1.21. The summed E-state index contributed by atoms with van der Waals surface area (Å²) in [4.78, 5) is 2.38. The zero-order valence-electron chi connectivity index (χ0n) is 14.4. The molecule has 0 saturated carbocycles. The molecule has 1 aliphatic rings. The maximum absolute atomic E-state index is 12.1. The zero-order chi connectivity index (χ0) is 18.4. The summed E-state index contributed by atoms with van der Waals surface area (Å²) >= 11 is 6.87. The molecule has 0 spiro atoms. The number of hydrogen-bond donors (Lipinski definition) is 1. The number of unbranched alkanes of at least 4 members (excludes halogenated alkanes) is 1. The van der Waals surface area contributed by atoms with Crippen LogP contribution in [0.5, 0.6) is 0 Å². The third-order valence-corrected chi connectivity index (χ3v) is 7.51. The summed E-state index contributed by atoms with van der Waals surface area (Å²) < 4.78 is 33.5. The van der Waals surface area contributed by atoms with Gasteiger partial charge in [-0.1, -0.05) is 41.9 Å². The van der Waals surface area contributed by atoms with Gasteiger partial charge in [-0.3, -0.25) is 4.90 Å². The Morgan fingerprint density at radius 3 is 2.73 bits per heavy atom. The van der Waals surface area contributed by atoms with Crippen molar-refractivity contribution in [3.63, 3.8) is 0 Å². The van der Waals surface area contributed by atoms with Crippen LogP contribution in [0.25, 0.3) is 0 Å². The van der Waals surface area contributed by atoms with Crippen LogP contribution in [-0.2, 0) is 14.8 Å². The van der Waals surface area contributed by atoms with Gasteiger partial charge in [0.25, 0.3) is 0 Å². The predicted octanol–water partition coefficient (Wildman–Crippen LogP) is 3.53. The fourth-order valence-corrected chi connectivity index (χ4v) is 5.56. The normalized spacial score (nSPS) is 18.9. The molecule has 142 valence electrons. The Morgan fingerprint density at radius 2 is 2.00 bits per heavy atom. The van der Waals surface area contributed by atoms with Crippen LogP contribution in [0.15, 0.2) is 46.7 Å². The topological polar surface area (TPSA) is 58.6 Å². The summed E-state index contributed by atoms with van der Waals surface area (Å²) in [7, 11) is -3.44. The van der Waals surface area contributed by atoms with Gasteiger partial charge < -0.3 is 4.74 Å². The monoisotopic (exact) mass is 414 g/mol. The molecule has 0 radical (unpaired) electrons. The Kier molecular flexibility index (Phi) is 7.08. The van der Waals surface area contributed by atoms with Crippen molar-refractivity contribution in [2.24, 2.45) is 0 Å². The van der Waals surface area contributed by atoms with Crippen molar-refractivity contribution in [1.29, 1.82) is 0 Å². The van der Waals surface area contributed by atoms with Crippen LogP contribution in [0, 0.1) is 0 Å². The zero-order valence-corrected chi connectivity index (χ0v) is 16.8.